The van der Waals surface area contributed by atoms with Crippen molar-refractivity contribution in [1.29, 1.82) is 0 Å². The van der Waals surface area contributed by atoms with E-state index in [1.807, 2.05) is 69.3 Å². The van der Waals surface area contributed by atoms with Gasteiger partial charge in [0.15, 0.2) is 0 Å². The maximum absolute atomic E-state index is 12.6. The summed E-state index contributed by atoms with van der Waals surface area (Å²) in [5.41, 5.74) is 2.31. The molecule has 2 aromatic carbocycles. The van der Waals surface area contributed by atoms with Gasteiger partial charge in [-0.15, -0.1) is 0 Å². The number of amides is 4. The molecule has 1 unspecified atom stereocenters. The van der Waals surface area contributed by atoms with E-state index in [2.05, 4.69) is 20.9 Å². The van der Waals surface area contributed by atoms with Crippen LogP contribution in [0.15, 0.2) is 48.5 Å². The number of urea groups is 1. The van der Waals surface area contributed by atoms with Crippen LogP contribution in [0.2, 0.25) is 0 Å². The average Bonchev–Trinajstić information content (AvgIpc) is 3.60. The maximum atomic E-state index is 12.6. The standard InChI is InChI=1S/C31H43N5O4/c1-31(2,3)19-28(37)32-20-29(38)35(4)25-17-18-36(21-25)24-13-9-22(10-14-24)33-30(39)34-23-11-15-27(16-12-23)40-26-7-5-6-8-26/h9-16,25-26H,5-8,17-21H2,1-4H3,(H,32,37)(H2,33,34,39). The number of nitrogens with zero attached hydrogens (tertiary/aromatic N) is 2. The molecule has 2 aliphatic rings. The zero-order valence-corrected chi connectivity index (χ0v) is 24.2. The molecule has 40 heavy (non-hydrogen) atoms. The van der Waals surface area contributed by atoms with Crippen LogP contribution in [0.25, 0.3) is 0 Å². The third-order valence-corrected chi connectivity index (χ3v) is 7.44. The zero-order valence-electron chi connectivity index (χ0n) is 24.2. The van der Waals surface area contributed by atoms with E-state index in [0.717, 1.165) is 37.2 Å². The van der Waals surface area contributed by atoms with Crippen LogP contribution in [-0.4, -0.2) is 61.6 Å². The number of carbonyl (C=O) groups excluding carboxylic acids is 3. The van der Waals surface area contributed by atoms with Crippen LogP contribution in [0.1, 0.15) is 59.3 Å². The van der Waals surface area contributed by atoms with E-state index in [1.54, 1.807) is 11.9 Å². The van der Waals surface area contributed by atoms with Gasteiger partial charge in [-0.05, 0) is 86.1 Å². The van der Waals surface area contributed by atoms with Crippen LogP contribution in [0.4, 0.5) is 21.9 Å². The molecule has 0 radical (unpaired) electrons. The molecule has 4 amide bonds. The number of ether oxygens (including phenoxy) is 1. The molecule has 9 heteroatoms. The second-order valence-electron chi connectivity index (χ2n) is 12.1. The molecule has 9 nitrogen and oxygen atoms in total. The van der Waals surface area contributed by atoms with Gasteiger partial charge in [0.25, 0.3) is 0 Å². The van der Waals surface area contributed by atoms with Crippen LogP contribution >= 0.6 is 0 Å². The normalized spacial score (nSPS) is 17.4. The lowest BCUT2D eigenvalue weighted by molar-refractivity contribution is -0.133. The summed E-state index contributed by atoms with van der Waals surface area (Å²) >= 11 is 0. The fourth-order valence-electron chi connectivity index (χ4n) is 5.20. The molecule has 0 bridgehead atoms. The molecule has 1 aliphatic carbocycles. The first-order valence-corrected chi connectivity index (χ1v) is 14.3. The van der Waals surface area contributed by atoms with Crippen molar-refractivity contribution in [2.45, 2.75) is 71.4 Å². The third kappa shape index (κ3) is 8.63. The number of likely N-dealkylation sites (N-methyl/N-ethyl adjacent to an activating group) is 1. The Hall–Kier alpha value is -3.75. The summed E-state index contributed by atoms with van der Waals surface area (Å²) in [6.45, 7) is 7.55. The molecule has 1 heterocycles. The molecule has 3 N–H and O–H groups in total. The average molecular weight is 550 g/mol. The largest absolute Gasteiger partial charge is 0.490 e. The van der Waals surface area contributed by atoms with E-state index in [-0.39, 0.29) is 35.8 Å². The summed E-state index contributed by atoms with van der Waals surface area (Å²) in [7, 11) is 1.80. The predicted molar refractivity (Wildman–Crippen MR) is 159 cm³/mol. The molecule has 1 aliphatic heterocycles. The fraction of sp³-hybridized carbons (Fsp3) is 0.516. The topological polar surface area (TPSA) is 103 Å². The van der Waals surface area contributed by atoms with Gasteiger partial charge in [0, 0.05) is 43.6 Å². The lowest BCUT2D eigenvalue weighted by Crippen LogP contribution is -2.44. The van der Waals surface area contributed by atoms with E-state index in [1.165, 1.54) is 12.8 Å². The fourth-order valence-corrected chi connectivity index (χ4v) is 5.20. The summed E-state index contributed by atoms with van der Waals surface area (Å²) in [5.74, 6) is 0.637. The summed E-state index contributed by atoms with van der Waals surface area (Å²) < 4.78 is 5.98. The lowest BCUT2D eigenvalue weighted by Gasteiger charge is -2.26. The van der Waals surface area contributed by atoms with Gasteiger partial charge < -0.3 is 30.5 Å². The summed E-state index contributed by atoms with van der Waals surface area (Å²) in [6, 6.07) is 14.9. The maximum Gasteiger partial charge on any atom is 0.323 e. The van der Waals surface area contributed by atoms with E-state index < -0.39 is 0 Å². The highest BCUT2D eigenvalue weighted by molar-refractivity contribution is 5.99. The highest BCUT2D eigenvalue weighted by Crippen LogP contribution is 2.26. The summed E-state index contributed by atoms with van der Waals surface area (Å²) in [5, 5.41) is 8.48. The summed E-state index contributed by atoms with van der Waals surface area (Å²) in [4.78, 5) is 41.2. The van der Waals surface area contributed by atoms with Crippen molar-refractivity contribution < 1.29 is 19.1 Å². The second-order valence-corrected chi connectivity index (χ2v) is 12.1. The molecule has 0 spiro atoms. The number of hydrogen-bond donors (Lipinski definition) is 3. The quantitative estimate of drug-likeness (QED) is 0.397. The number of nitrogens with one attached hydrogen (secondary N) is 3. The molecule has 1 atom stereocenters. The van der Waals surface area contributed by atoms with Crippen LogP contribution in [0, 0.1) is 5.41 Å². The zero-order chi connectivity index (χ0) is 28.7. The van der Waals surface area contributed by atoms with Gasteiger partial charge >= 0.3 is 6.03 Å². The van der Waals surface area contributed by atoms with Gasteiger partial charge in [0.1, 0.15) is 5.75 Å². The van der Waals surface area contributed by atoms with Crippen LogP contribution in [0.5, 0.6) is 5.75 Å². The monoisotopic (exact) mass is 549 g/mol. The highest BCUT2D eigenvalue weighted by Gasteiger charge is 2.29. The number of anilines is 3. The molecular formula is C31H43N5O4. The molecule has 0 aromatic heterocycles. The Morgan fingerprint density at radius 3 is 2.12 bits per heavy atom. The summed E-state index contributed by atoms with van der Waals surface area (Å²) in [6.07, 6.45) is 6.20. The first-order chi connectivity index (χ1) is 19.1. The minimum Gasteiger partial charge on any atom is -0.490 e. The van der Waals surface area contributed by atoms with Crippen LogP contribution in [0.3, 0.4) is 0 Å². The van der Waals surface area contributed by atoms with Crippen molar-refractivity contribution in [3.8, 4) is 5.75 Å². The predicted octanol–water partition coefficient (Wildman–Crippen LogP) is 5.24. The second kappa shape index (κ2) is 13.1. The van der Waals surface area contributed by atoms with Crippen molar-refractivity contribution in [2.75, 3.05) is 42.2 Å². The number of rotatable bonds is 9. The smallest absolute Gasteiger partial charge is 0.323 e. The third-order valence-electron chi connectivity index (χ3n) is 7.44. The van der Waals surface area contributed by atoms with Crippen LogP contribution < -0.4 is 25.6 Å². The molecular weight excluding hydrogens is 506 g/mol. The Bertz CT molecular complexity index is 1150. The van der Waals surface area contributed by atoms with Crippen LogP contribution in [-0.2, 0) is 9.59 Å². The van der Waals surface area contributed by atoms with E-state index in [0.29, 0.717) is 30.4 Å². The van der Waals surface area contributed by atoms with Gasteiger partial charge in [-0.3, -0.25) is 9.59 Å². The highest BCUT2D eigenvalue weighted by atomic mass is 16.5. The molecule has 1 saturated carbocycles. The van der Waals surface area contributed by atoms with Gasteiger partial charge in [0.2, 0.25) is 11.8 Å². The van der Waals surface area contributed by atoms with Gasteiger partial charge in [-0.2, -0.15) is 0 Å². The number of benzene rings is 2. The molecule has 4 rings (SSSR count). The minimum atomic E-state index is -0.312. The molecule has 2 aromatic rings. The first-order valence-electron chi connectivity index (χ1n) is 14.3. The number of carbonyl (C=O) groups is 3. The van der Waals surface area contributed by atoms with Crippen molar-refractivity contribution in [3.05, 3.63) is 48.5 Å². The van der Waals surface area contributed by atoms with Crippen molar-refractivity contribution in [1.82, 2.24) is 10.2 Å². The Labute approximate surface area is 237 Å². The Balaban J connectivity index is 1.20. The number of hydrogen-bond acceptors (Lipinski definition) is 5. The van der Waals surface area contributed by atoms with E-state index in [4.69, 9.17) is 4.74 Å². The first kappa shape index (κ1) is 29.2. The van der Waals surface area contributed by atoms with E-state index >= 15 is 0 Å². The Kier molecular flexibility index (Phi) is 9.55. The SMILES string of the molecule is CN(C(=O)CNC(=O)CC(C)(C)C)C1CCN(c2ccc(NC(=O)Nc3ccc(OC4CCCC4)cc3)cc2)C1. The van der Waals surface area contributed by atoms with Gasteiger partial charge in [0.05, 0.1) is 18.7 Å². The Morgan fingerprint density at radius 1 is 0.925 bits per heavy atom. The minimum absolute atomic E-state index is 0.0166. The molecule has 216 valence electrons. The van der Waals surface area contributed by atoms with Gasteiger partial charge in [-0.25, -0.2) is 4.79 Å². The molecule has 1 saturated heterocycles. The molecule has 2 fully saturated rings. The lowest BCUT2D eigenvalue weighted by atomic mass is 9.92. The van der Waals surface area contributed by atoms with E-state index in [9.17, 15) is 14.4 Å². The van der Waals surface area contributed by atoms with Gasteiger partial charge in [-0.1, -0.05) is 20.8 Å². The van der Waals surface area contributed by atoms with Crippen molar-refractivity contribution in [3.63, 3.8) is 0 Å². The van der Waals surface area contributed by atoms with Crippen molar-refractivity contribution in [2.24, 2.45) is 5.41 Å². The Morgan fingerprint density at radius 2 is 1.52 bits per heavy atom. The van der Waals surface area contributed by atoms with Crippen molar-refractivity contribution >= 4 is 34.9 Å².